The molecule has 4 atom stereocenters. The number of aromatic nitrogens is 4. The Morgan fingerprint density at radius 3 is 2.58 bits per heavy atom. The number of nitrogens with zero attached hydrogens (tertiary/aromatic N) is 4. The van der Waals surface area contributed by atoms with Crippen molar-refractivity contribution in [2.75, 3.05) is 18.5 Å². The molecule has 9 nitrogen and oxygen atoms in total. The smallest absolute Gasteiger partial charge is 0.167 e. The molecule has 0 aromatic carbocycles. The minimum absolute atomic E-state index is 0.0725. The number of anilines is 1. The van der Waals surface area contributed by atoms with E-state index in [0.717, 1.165) is 0 Å². The molecule has 1 aliphatic heterocycles. The van der Waals surface area contributed by atoms with Gasteiger partial charge in [0.25, 0.3) is 0 Å². The summed E-state index contributed by atoms with van der Waals surface area (Å²) in [5.74, 6) is 0.598. The van der Waals surface area contributed by atoms with Gasteiger partial charge in [-0.2, -0.15) is 0 Å². The van der Waals surface area contributed by atoms with Crippen LogP contribution in [0.1, 0.15) is 27.0 Å². The van der Waals surface area contributed by atoms with Gasteiger partial charge in [-0.05, 0) is 5.41 Å². The summed E-state index contributed by atoms with van der Waals surface area (Å²) in [5.41, 5.74) is 1.11. The van der Waals surface area contributed by atoms with Crippen molar-refractivity contribution in [3.05, 3.63) is 12.7 Å². The highest BCUT2D eigenvalue weighted by molar-refractivity contribution is 5.82. The summed E-state index contributed by atoms with van der Waals surface area (Å²) < 4.78 is 7.08. The lowest BCUT2D eigenvalue weighted by atomic mass is 9.97. The SMILES string of the molecule is CC(C)(C)CNc1ncnc2c1ncn2[C@@H]1O[C@H](CO)[C@@H](O)[C@H]1O. The van der Waals surface area contributed by atoms with Crippen LogP contribution in [-0.2, 0) is 4.74 Å². The lowest BCUT2D eigenvalue weighted by molar-refractivity contribution is -0.0511. The van der Waals surface area contributed by atoms with Crippen LogP contribution in [0.15, 0.2) is 12.7 Å². The van der Waals surface area contributed by atoms with E-state index in [1.807, 2.05) is 0 Å². The summed E-state index contributed by atoms with van der Waals surface area (Å²) in [5, 5.41) is 32.6. The summed E-state index contributed by atoms with van der Waals surface area (Å²) >= 11 is 0. The fourth-order valence-electron chi connectivity index (χ4n) is 2.63. The fraction of sp³-hybridized carbons (Fsp3) is 0.667. The first kappa shape index (κ1) is 17.0. The number of nitrogens with one attached hydrogen (secondary N) is 1. The third-order valence-corrected chi connectivity index (χ3v) is 3.94. The molecule has 2 aromatic rings. The number of hydrogen-bond acceptors (Lipinski definition) is 8. The molecule has 4 N–H and O–H groups in total. The largest absolute Gasteiger partial charge is 0.394 e. The Balaban J connectivity index is 1.91. The lowest BCUT2D eigenvalue weighted by Gasteiger charge is -2.19. The molecule has 0 amide bonds. The molecule has 24 heavy (non-hydrogen) atoms. The first-order valence-electron chi connectivity index (χ1n) is 7.85. The van der Waals surface area contributed by atoms with E-state index in [2.05, 4.69) is 41.0 Å². The fourth-order valence-corrected chi connectivity index (χ4v) is 2.63. The third kappa shape index (κ3) is 3.07. The van der Waals surface area contributed by atoms with Crippen molar-refractivity contribution >= 4 is 17.0 Å². The van der Waals surface area contributed by atoms with Crippen molar-refractivity contribution in [1.29, 1.82) is 0 Å². The molecule has 9 heteroatoms. The van der Waals surface area contributed by atoms with E-state index in [1.54, 1.807) is 4.57 Å². The van der Waals surface area contributed by atoms with Gasteiger partial charge in [0, 0.05) is 6.54 Å². The minimum atomic E-state index is -1.18. The molecule has 2 aromatic heterocycles. The average Bonchev–Trinajstić information content (AvgIpc) is 3.07. The molecule has 1 saturated heterocycles. The van der Waals surface area contributed by atoms with Crippen LogP contribution in [0.5, 0.6) is 0 Å². The number of imidazole rings is 1. The van der Waals surface area contributed by atoms with Gasteiger partial charge < -0.3 is 25.4 Å². The number of fused-ring (bicyclic) bond motifs is 1. The van der Waals surface area contributed by atoms with Crippen molar-refractivity contribution < 1.29 is 20.1 Å². The zero-order valence-corrected chi connectivity index (χ0v) is 13.9. The molecule has 132 valence electrons. The molecule has 0 radical (unpaired) electrons. The molecular weight excluding hydrogens is 314 g/mol. The van der Waals surface area contributed by atoms with Crippen LogP contribution in [0.25, 0.3) is 11.2 Å². The number of ether oxygens (including phenoxy) is 1. The van der Waals surface area contributed by atoms with Gasteiger partial charge in [-0.15, -0.1) is 0 Å². The van der Waals surface area contributed by atoms with Crippen LogP contribution in [0.2, 0.25) is 0 Å². The Hall–Kier alpha value is -1.81. The Bertz CT molecular complexity index is 713. The summed E-state index contributed by atoms with van der Waals surface area (Å²) in [4.78, 5) is 12.8. The number of aliphatic hydroxyl groups excluding tert-OH is 3. The Morgan fingerprint density at radius 1 is 1.21 bits per heavy atom. The van der Waals surface area contributed by atoms with E-state index in [-0.39, 0.29) is 12.0 Å². The first-order valence-corrected chi connectivity index (χ1v) is 7.85. The lowest BCUT2D eigenvalue weighted by Crippen LogP contribution is -2.33. The molecule has 1 aliphatic rings. The minimum Gasteiger partial charge on any atom is -0.394 e. The van der Waals surface area contributed by atoms with Gasteiger partial charge in [-0.3, -0.25) is 4.57 Å². The standard InChI is InChI=1S/C15H23N5O4/c1-15(2,3)5-16-12-9-13(18-6-17-12)20(7-19-9)14-11(23)10(22)8(4-21)24-14/h6-8,10-11,14,21-23H,4-5H2,1-3H3,(H,16,17,18)/t8-,10-,11-,14-/m1/s1. The van der Waals surface area contributed by atoms with Crippen LogP contribution >= 0.6 is 0 Å². The van der Waals surface area contributed by atoms with Gasteiger partial charge in [0.2, 0.25) is 0 Å². The maximum atomic E-state index is 10.2. The zero-order chi connectivity index (χ0) is 17.5. The first-order chi connectivity index (χ1) is 11.3. The summed E-state index contributed by atoms with van der Waals surface area (Å²) in [6.07, 6.45) is -1.16. The third-order valence-electron chi connectivity index (χ3n) is 3.94. The van der Waals surface area contributed by atoms with Crippen molar-refractivity contribution in [2.24, 2.45) is 5.41 Å². The van der Waals surface area contributed by atoms with Crippen LogP contribution in [0, 0.1) is 5.41 Å². The van der Waals surface area contributed by atoms with Crippen LogP contribution < -0.4 is 5.32 Å². The highest BCUT2D eigenvalue weighted by Gasteiger charge is 2.44. The molecule has 0 aliphatic carbocycles. The van der Waals surface area contributed by atoms with Gasteiger partial charge in [-0.25, -0.2) is 15.0 Å². The monoisotopic (exact) mass is 337 g/mol. The zero-order valence-electron chi connectivity index (χ0n) is 13.9. The van der Waals surface area contributed by atoms with Gasteiger partial charge in [0.05, 0.1) is 12.9 Å². The maximum Gasteiger partial charge on any atom is 0.167 e. The van der Waals surface area contributed by atoms with Gasteiger partial charge >= 0.3 is 0 Å². The number of rotatable bonds is 4. The van der Waals surface area contributed by atoms with Crippen LogP contribution in [-0.4, -0.2) is 66.3 Å². The Kier molecular flexibility index (Phi) is 4.43. The summed E-state index contributed by atoms with van der Waals surface area (Å²) in [6.45, 7) is 6.65. The summed E-state index contributed by atoms with van der Waals surface area (Å²) in [7, 11) is 0. The van der Waals surface area contributed by atoms with E-state index in [0.29, 0.717) is 23.5 Å². The topological polar surface area (TPSA) is 126 Å². The Labute approximate surface area is 139 Å². The van der Waals surface area contributed by atoms with Gasteiger partial charge in [-0.1, -0.05) is 20.8 Å². The predicted molar refractivity (Wildman–Crippen MR) is 86.3 cm³/mol. The molecule has 0 saturated carbocycles. The molecule has 3 rings (SSSR count). The molecule has 0 unspecified atom stereocenters. The molecule has 0 bridgehead atoms. The molecule has 1 fully saturated rings. The van der Waals surface area contributed by atoms with Crippen molar-refractivity contribution in [2.45, 2.75) is 45.3 Å². The highest BCUT2D eigenvalue weighted by Crippen LogP contribution is 2.32. The number of aliphatic hydroxyl groups is 3. The second-order valence-corrected chi connectivity index (χ2v) is 7.19. The molecule has 3 heterocycles. The quantitative estimate of drug-likeness (QED) is 0.609. The molecular formula is C15H23N5O4. The van der Waals surface area contributed by atoms with Crippen molar-refractivity contribution in [3.8, 4) is 0 Å². The van der Waals surface area contributed by atoms with Crippen molar-refractivity contribution in [1.82, 2.24) is 19.5 Å². The highest BCUT2D eigenvalue weighted by atomic mass is 16.6. The molecule has 0 spiro atoms. The van der Waals surface area contributed by atoms with Crippen LogP contribution in [0.3, 0.4) is 0 Å². The van der Waals surface area contributed by atoms with Crippen molar-refractivity contribution in [3.63, 3.8) is 0 Å². The maximum absolute atomic E-state index is 10.2. The second kappa shape index (κ2) is 6.25. The second-order valence-electron chi connectivity index (χ2n) is 7.19. The van der Waals surface area contributed by atoms with E-state index >= 15 is 0 Å². The predicted octanol–water partition coefficient (Wildman–Crippen LogP) is -0.104. The van der Waals surface area contributed by atoms with E-state index in [1.165, 1.54) is 12.7 Å². The normalized spacial score (nSPS) is 27.8. The van der Waals surface area contributed by atoms with E-state index in [9.17, 15) is 15.3 Å². The van der Waals surface area contributed by atoms with E-state index < -0.39 is 24.5 Å². The number of hydrogen-bond donors (Lipinski definition) is 4. The average molecular weight is 337 g/mol. The van der Waals surface area contributed by atoms with Gasteiger partial charge in [0.15, 0.2) is 23.2 Å². The van der Waals surface area contributed by atoms with Gasteiger partial charge in [0.1, 0.15) is 24.6 Å². The van der Waals surface area contributed by atoms with E-state index in [4.69, 9.17) is 4.74 Å². The van der Waals surface area contributed by atoms with Crippen LogP contribution in [0.4, 0.5) is 5.82 Å². The summed E-state index contributed by atoms with van der Waals surface area (Å²) in [6, 6.07) is 0. The Morgan fingerprint density at radius 2 is 1.96 bits per heavy atom.